The van der Waals surface area contributed by atoms with Crippen molar-refractivity contribution in [3.8, 4) is 0 Å². The second-order valence-corrected chi connectivity index (χ2v) is 3.43. The fourth-order valence-electron chi connectivity index (χ4n) is 1.74. The highest BCUT2D eigenvalue weighted by atomic mass is 16.1. The number of aldehydes is 1. The molecule has 2 rings (SSSR count). The Morgan fingerprint density at radius 2 is 2.27 bits per heavy atom. The quantitative estimate of drug-likeness (QED) is 0.727. The monoisotopic (exact) mass is 204 g/mol. The van der Waals surface area contributed by atoms with Crippen LogP contribution in [0.15, 0.2) is 18.2 Å². The molecule has 4 heteroatoms. The van der Waals surface area contributed by atoms with Crippen molar-refractivity contribution >= 4 is 23.6 Å². The fraction of sp³-hybridized carbons (Fsp3) is 0.273. The third-order valence-electron chi connectivity index (χ3n) is 2.43. The van der Waals surface area contributed by atoms with Crippen molar-refractivity contribution in [2.24, 2.45) is 0 Å². The average molecular weight is 204 g/mol. The Labute approximate surface area is 87.7 Å². The highest BCUT2D eigenvalue weighted by Crippen LogP contribution is 2.28. The summed E-state index contributed by atoms with van der Waals surface area (Å²) in [5, 5.41) is 5.83. The maximum Gasteiger partial charge on any atom is 0.224 e. The van der Waals surface area contributed by atoms with E-state index in [9.17, 15) is 9.59 Å². The maximum atomic E-state index is 11.2. The summed E-state index contributed by atoms with van der Waals surface area (Å²) in [6.07, 6.45) is 2.05. The van der Waals surface area contributed by atoms with Crippen molar-refractivity contribution in [3.63, 3.8) is 0 Å². The molecular weight excluding hydrogens is 192 g/mol. The highest BCUT2D eigenvalue weighted by Gasteiger charge is 2.16. The zero-order chi connectivity index (χ0) is 10.7. The number of benzene rings is 1. The molecular formula is C11H12N2O2. The predicted molar refractivity (Wildman–Crippen MR) is 57.9 cm³/mol. The fourth-order valence-corrected chi connectivity index (χ4v) is 1.74. The van der Waals surface area contributed by atoms with Crippen molar-refractivity contribution in [3.05, 3.63) is 23.8 Å². The standard InChI is InChI=1S/C11H12N2O2/c14-7-6-12-9-2-1-3-10-8(9)4-5-11(15)13-10/h1-3,7,12H,4-6H2,(H,13,15). The molecule has 0 radical (unpaired) electrons. The smallest absolute Gasteiger partial charge is 0.224 e. The van der Waals surface area contributed by atoms with Crippen LogP contribution in [0, 0.1) is 0 Å². The summed E-state index contributed by atoms with van der Waals surface area (Å²) >= 11 is 0. The van der Waals surface area contributed by atoms with E-state index in [0.717, 1.165) is 29.6 Å². The topological polar surface area (TPSA) is 58.2 Å². The van der Waals surface area contributed by atoms with Crippen LogP contribution in [-0.2, 0) is 16.0 Å². The first-order chi connectivity index (χ1) is 7.31. The SMILES string of the molecule is O=CCNc1cccc2c1CCC(=O)N2. The van der Waals surface area contributed by atoms with E-state index in [1.165, 1.54) is 0 Å². The largest absolute Gasteiger partial charge is 0.378 e. The van der Waals surface area contributed by atoms with Crippen LogP contribution in [-0.4, -0.2) is 18.7 Å². The lowest BCUT2D eigenvalue weighted by Crippen LogP contribution is -2.20. The number of anilines is 2. The molecule has 1 heterocycles. The van der Waals surface area contributed by atoms with E-state index < -0.39 is 0 Å². The predicted octanol–water partition coefficient (Wildman–Crippen LogP) is 1.18. The van der Waals surface area contributed by atoms with Gasteiger partial charge in [-0.3, -0.25) is 4.79 Å². The first kappa shape index (κ1) is 9.71. The van der Waals surface area contributed by atoms with Crippen LogP contribution in [0.25, 0.3) is 0 Å². The third-order valence-corrected chi connectivity index (χ3v) is 2.43. The molecule has 0 bridgehead atoms. The van der Waals surface area contributed by atoms with Crippen molar-refractivity contribution in [2.75, 3.05) is 17.2 Å². The minimum atomic E-state index is 0.0510. The van der Waals surface area contributed by atoms with Gasteiger partial charge < -0.3 is 15.4 Å². The average Bonchev–Trinajstić information content (AvgIpc) is 2.25. The number of carbonyl (C=O) groups excluding carboxylic acids is 2. The third kappa shape index (κ3) is 1.98. The van der Waals surface area contributed by atoms with E-state index in [2.05, 4.69) is 10.6 Å². The number of rotatable bonds is 3. The number of hydrogen-bond donors (Lipinski definition) is 2. The number of nitrogens with one attached hydrogen (secondary N) is 2. The van der Waals surface area contributed by atoms with Crippen molar-refractivity contribution in [1.82, 2.24) is 0 Å². The van der Waals surface area contributed by atoms with E-state index in [1.807, 2.05) is 18.2 Å². The van der Waals surface area contributed by atoms with E-state index in [1.54, 1.807) is 0 Å². The summed E-state index contributed by atoms with van der Waals surface area (Å²) in [4.78, 5) is 21.4. The molecule has 2 N–H and O–H groups in total. The zero-order valence-electron chi connectivity index (χ0n) is 8.25. The summed E-state index contributed by atoms with van der Waals surface area (Å²) in [5.41, 5.74) is 2.86. The molecule has 1 aromatic carbocycles. The number of amides is 1. The second-order valence-electron chi connectivity index (χ2n) is 3.43. The Balaban J connectivity index is 2.28. The van der Waals surface area contributed by atoms with E-state index in [0.29, 0.717) is 13.0 Å². The summed E-state index contributed by atoms with van der Waals surface area (Å²) in [5.74, 6) is 0.0510. The van der Waals surface area contributed by atoms with Gasteiger partial charge in [0.15, 0.2) is 0 Å². The molecule has 4 nitrogen and oxygen atoms in total. The van der Waals surface area contributed by atoms with Gasteiger partial charge in [0.2, 0.25) is 5.91 Å². The lowest BCUT2D eigenvalue weighted by atomic mass is 10.0. The molecule has 1 amide bonds. The van der Waals surface area contributed by atoms with Gasteiger partial charge in [0, 0.05) is 17.8 Å². The van der Waals surface area contributed by atoms with Crippen LogP contribution >= 0.6 is 0 Å². The van der Waals surface area contributed by atoms with Crippen LogP contribution in [0.2, 0.25) is 0 Å². The minimum Gasteiger partial charge on any atom is -0.378 e. The van der Waals surface area contributed by atoms with Gasteiger partial charge in [0.05, 0.1) is 6.54 Å². The molecule has 0 saturated heterocycles. The Morgan fingerprint density at radius 1 is 1.40 bits per heavy atom. The van der Waals surface area contributed by atoms with Crippen LogP contribution < -0.4 is 10.6 Å². The zero-order valence-corrected chi connectivity index (χ0v) is 8.25. The van der Waals surface area contributed by atoms with E-state index >= 15 is 0 Å². The summed E-state index contributed by atoms with van der Waals surface area (Å²) < 4.78 is 0. The van der Waals surface area contributed by atoms with Gasteiger partial charge in [-0.1, -0.05) is 6.07 Å². The summed E-state index contributed by atoms with van der Waals surface area (Å²) in [6, 6.07) is 5.65. The molecule has 15 heavy (non-hydrogen) atoms. The minimum absolute atomic E-state index is 0.0510. The number of hydrogen-bond acceptors (Lipinski definition) is 3. The molecule has 0 aliphatic carbocycles. The Bertz CT molecular complexity index is 402. The van der Waals surface area contributed by atoms with E-state index in [4.69, 9.17) is 0 Å². The molecule has 1 aliphatic rings. The molecule has 0 unspecified atom stereocenters. The lowest BCUT2D eigenvalue weighted by Gasteiger charge is -2.19. The van der Waals surface area contributed by atoms with Crippen molar-refractivity contribution in [1.29, 1.82) is 0 Å². The Hall–Kier alpha value is -1.84. The van der Waals surface area contributed by atoms with Gasteiger partial charge in [-0.25, -0.2) is 0 Å². The van der Waals surface area contributed by atoms with E-state index in [-0.39, 0.29) is 5.91 Å². The molecule has 0 spiro atoms. The van der Waals surface area contributed by atoms with Gasteiger partial charge in [0.1, 0.15) is 6.29 Å². The normalized spacial score (nSPS) is 14.0. The first-order valence-electron chi connectivity index (χ1n) is 4.90. The van der Waals surface area contributed by atoms with Crippen LogP contribution in [0.5, 0.6) is 0 Å². The molecule has 0 saturated carbocycles. The lowest BCUT2D eigenvalue weighted by molar-refractivity contribution is -0.116. The van der Waals surface area contributed by atoms with Crippen molar-refractivity contribution in [2.45, 2.75) is 12.8 Å². The van der Waals surface area contributed by atoms with Gasteiger partial charge in [-0.05, 0) is 24.1 Å². The molecule has 0 aromatic heterocycles. The molecule has 1 aromatic rings. The Kier molecular flexibility index (Phi) is 2.67. The first-order valence-corrected chi connectivity index (χ1v) is 4.90. The van der Waals surface area contributed by atoms with Gasteiger partial charge >= 0.3 is 0 Å². The van der Waals surface area contributed by atoms with Gasteiger partial charge in [-0.2, -0.15) is 0 Å². The van der Waals surface area contributed by atoms with Crippen LogP contribution in [0.3, 0.4) is 0 Å². The van der Waals surface area contributed by atoms with Gasteiger partial charge in [0.25, 0.3) is 0 Å². The van der Waals surface area contributed by atoms with Crippen molar-refractivity contribution < 1.29 is 9.59 Å². The molecule has 1 aliphatic heterocycles. The molecule has 0 fully saturated rings. The summed E-state index contributed by atoms with van der Waals surface area (Å²) in [6.45, 7) is 0.296. The van der Waals surface area contributed by atoms with Gasteiger partial charge in [-0.15, -0.1) is 0 Å². The number of carbonyl (C=O) groups is 2. The summed E-state index contributed by atoms with van der Waals surface area (Å²) in [7, 11) is 0. The highest BCUT2D eigenvalue weighted by molar-refractivity contribution is 5.95. The molecule has 78 valence electrons. The maximum absolute atomic E-state index is 11.2. The number of fused-ring (bicyclic) bond motifs is 1. The molecule has 0 atom stereocenters. The Morgan fingerprint density at radius 3 is 3.07 bits per heavy atom. The van der Waals surface area contributed by atoms with Crippen LogP contribution in [0.1, 0.15) is 12.0 Å². The van der Waals surface area contributed by atoms with Crippen LogP contribution in [0.4, 0.5) is 11.4 Å². The second kappa shape index (κ2) is 4.13.